The largest absolute Gasteiger partial charge is 0.340 e. The van der Waals surface area contributed by atoms with Gasteiger partial charge in [0.05, 0.1) is 11.9 Å². The number of amides is 1. The van der Waals surface area contributed by atoms with Crippen molar-refractivity contribution in [3.05, 3.63) is 70.9 Å². The van der Waals surface area contributed by atoms with Crippen LogP contribution in [0.3, 0.4) is 0 Å². The molecule has 5 rings (SSSR count). The van der Waals surface area contributed by atoms with Gasteiger partial charge in [-0.05, 0) is 67.0 Å². The minimum absolute atomic E-state index is 0.0603. The van der Waals surface area contributed by atoms with Crippen LogP contribution in [0.4, 0.5) is 0 Å². The van der Waals surface area contributed by atoms with E-state index in [0.29, 0.717) is 38.1 Å². The zero-order valence-electron chi connectivity index (χ0n) is 19.0. The molecule has 1 fully saturated rings. The Kier molecular flexibility index (Phi) is 5.93. The fourth-order valence-corrected chi connectivity index (χ4v) is 6.54. The average molecular weight is 464 g/mol. The number of hydrogen-bond acceptors (Lipinski definition) is 4. The van der Waals surface area contributed by atoms with Crippen molar-refractivity contribution in [2.75, 3.05) is 26.2 Å². The molecule has 2 aromatic carbocycles. The molecule has 0 radical (unpaired) electrons. The number of piperazine rings is 1. The molecule has 0 N–H and O–H groups in total. The summed E-state index contributed by atoms with van der Waals surface area (Å²) in [6, 6.07) is 13.6. The van der Waals surface area contributed by atoms with Crippen LogP contribution < -0.4 is 0 Å². The summed E-state index contributed by atoms with van der Waals surface area (Å²) in [5.74, 6) is 0.0603. The second kappa shape index (κ2) is 8.88. The SMILES string of the molecule is Cc1cnc2c(S(=O)(=O)N3CCN(C(=O)Cc4ccc5c(c4)CCCC5)CC3)cccc2c1. The summed E-state index contributed by atoms with van der Waals surface area (Å²) in [6.45, 7) is 3.33. The van der Waals surface area contributed by atoms with Crippen molar-refractivity contribution in [2.45, 2.75) is 43.9 Å². The lowest BCUT2D eigenvalue weighted by molar-refractivity contribution is -0.131. The van der Waals surface area contributed by atoms with Crippen LogP contribution in [-0.2, 0) is 34.1 Å². The van der Waals surface area contributed by atoms with E-state index in [1.165, 1.54) is 28.3 Å². The fraction of sp³-hybridized carbons (Fsp3) is 0.385. The van der Waals surface area contributed by atoms with Gasteiger partial charge in [-0.1, -0.05) is 30.3 Å². The highest BCUT2D eigenvalue weighted by molar-refractivity contribution is 7.89. The molecule has 1 aliphatic heterocycles. The van der Waals surface area contributed by atoms with Gasteiger partial charge < -0.3 is 4.90 Å². The molecule has 1 aliphatic carbocycles. The van der Waals surface area contributed by atoms with E-state index >= 15 is 0 Å². The maximum atomic E-state index is 13.4. The monoisotopic (exact) mass is 463 g/mol. The third-order valence-corrected chi connectivity index (χ3v) is 8.72. The third kappa shape index (κ3) is 4.39. The molecule has 6 nitrogen and oxygen atoms in total. The summed E-state index contributed by atoms with van der Waals surface area (Å²) in [4.78, 5) is 19.3. The fourth-order valence-electron chi connectivity index (χ4n) is 4.95. The lowest BCUT2D eigenvalue weighted by Gasteiger charge is -2.34. The van der Waals surface area contributed by atoms with E-state index < -0.39 is 10.0 Å². The van der Waals surface area contributed by atoms with Gasteiger partial charge in [-0.15, -0.1) is 0 Å². The Bertz CT molecular complexity index is 1310. The number of para-hydroxylation sites is 1. The Labute approximate surface area is 195 Å². The quantitative estimate of drug-likeness (QED) is 0.594. The Morgan fingerprint density at radius 1 is 0.970 bits per heavy atom. The first-order valence-corrected chi connectivity index (χ1v) is 13.1. The molecule has 2 heterocycles. The maximum absolute atomic E-state index is 13.4. The van der Waals surface area contributed by atoms with Crippen molar-refractivity contribution in [3.8, 4) is 0 Å². The normalized spacial score (nSPS) is 17.2. The highest BCUT2D eigenvalue weighted by Crippen LogP contribution is 2.26. The minimum atomic E-state index is -3.69. The van der Waals surface area contributed by atoms with E-state index in [1.807, 2.05) is 19.1 Å². The first kappa shape index (κ1) is 22.0. The number of carbonyl (C=O) groups excluding carboxylic acids is 1. The molecule has 1 saturated heterocycles. The molecular formula is C26H29N3O3S. The van der Waals surface area contributed by atoms with Gasteiger partial charge in [-0.2, -0.15) is 4.31 Å². The molecule has 2 aliphatic rings. The summed E-state index contributed by atoms with van der Waals surface area (Å²) in [7, 11) is -3.69. The molecule has 1 amide bonds. The molecule has 1 aromatic heterocycles. The number of nitrogens with zero attached hydrogens (tertiary/aromatic N) is 3. The van der Waals surface area contributed by atoms with Crippen molar-refractivity contribution in [2.24, 2.45) is 0 Å². The number of rotatable bonds is 4. The number of sulfonamides is 1. The Balaban J connectivity index is 1.26. The van der Waals surface area contributed by atoms with Crippen LogP contribution in [0.25, 0.3) is 10.9 Å². The number of carbonyl (C=O) groups is 1. The van der Waals surface area contributed by atoms with Crippen molar-refractivity contribution in [1.29, 1.82) is 0 Å². The van der Waals surface area contributed by atoms with Crippen LogP contribution in [0.1, 0.15) is 35.1 Å². The molecule has 7 heteroatoms. The zero-order valence-corrected chi connectivity index (χ0v) is 19.8. The molecule has 0 bridgehead atoms. The Morgan fingerprint density at radius 2 is 1.73 bits per heavy atom. The Hall–Kier alpha value is -2.77. The molecule has 0 saturated carbocycles. The summed E-state index contributed by atoms with van der Waals surface area (Å²) in [6.07, 6.45) is 6.74. The second-order valence-corrected chi connectivity index (χ2v) is 11.0. The summed E-state index contributed by atoms with van der Waals surface area (Å²) in [5, 5.41) is 0.815. The van der Waals surface area contributed by atoms with Gasteiger partial charge in [-0.3, -0.25) is 9.78 Å². The number of pyridine rings is 1. The highest BCUT2D eigenvalue weighted by Gasteiger charge is 2.31. The zero-order chi connectivity index (χ0) is 23.0. The van der Waals surface area contributed by atoms with Gasteiger partial charge in [0.1, 0.15) is 4.90 Å². The van der Waals surface area contributed by atoms with Crippen molar-refractivity contribution < 1.29 is 13.2 Å². The molecule has 172 valence electrons. The molecule has 0 spiro atoms. The number of aromatic nitrogens is 1. The van der Waals surface area contributed by atoms with Crippen molar-refractivity contribution >= 4 is 26.8 Å². The molecule has 0 unspecified atom stereocenters. The van der Waals surface area contributed by atoms with Crippen LogP contribution >= 0.6 is 0 Å². The lowest BCUT2D eigenvalue weighted by atomic mass is 9.90. The lowest BCUT2D eigenvalue weighted by Crippen LogP contribution is -2.50. The standard InChI is InChI=1S/C26H29N3O3S/c1-19-15-23-7-4-8-24(26(23)27-18-19)33(31,32)29-13-11-28(12-14-29)25(30)17-20-9-10-21-5-2-3-6-22(21)16-20/h4,7-10,15-16,18H,2-3,5-6,11-14,17H2,1H3. The average Bonchev–Trinajstić information content (AvgIpc) is 2.83. The van der Waals surface area contributed by atoms with E-state index in [9.17, 15) is 13.2 Å². The van der Waals surface area contributed by atoms with Crippen LogP contribution in [0.5, 0.6) is 0 Å². The first-order valence-electron chi connectivity index (χ1n) is 11.7. The smallest absolute Gasteiger partial charge is 0.245 e. The summed E-state index contributed by atoms with van der Waals surface area (Å²) < 4.78 is 28.2. The summed E-state index contributed by atoms with van der Waals surface area (Å²) >= 11 is 0. The van der Waals surface area contributed by atoms with Crippen LogP contribution in [0, 0.1) is 6.92 Å². The van der Waals surface area contributed by atoms with Crippen molar-refractivity contribution in [1.82, 2.24) is 14.2 Å². The first-order chi connectivity index (χ1) is 15.9. The number of aryl methyl sites for hydroxylation is 3. The minimum Gasteiger partial charge on any atom is -0.340 e. The topological polar surface area (TPSA) is 70.6 Å². The molecular weight excluding hydrogens is 434 g/mol. The van der Waals surface area contributed by atoms with Gasteiger partial charge in [0.2, 0.25) is 15.9 Å². The van der Waals surface area contributed by atoms with Gasteiger partial charge >= 0.3 is 0 Å². The number of fused-ring (bicyclic) bond motifs is 2. The number of benzene rings is 2. The van der Waals surface area contributed by atoms with Gasteiger partial charge in [0.25, 0.3) is 0 Å². The predicted molar refractivity (Wildman–Crippen MR) is 129 cm³/mol. The second-order valence-electron chi connectivity index (χ2n) is 9.11. The van der Waals surface area contributed by atoms with E-state index in [4.69, 9.17) is 0 Å². The molecule has 33 heavy (non-hydrogen) atoms. The van der Waals surface area contributed by atoms with E-state index in [1.54, 1.807) is 23.2 Å². The van der Waals surface area contributed by atoms with E-state index in [2.05, 4.69) is 23.2 Å². The van der Waals surface area contributed by atoms with E-state index in [0.717, 1.165) is 29.4 Å². The van der Waals surface area contributed by atoms with Crippen LogP contribution in [0.2, 0.25) is 0 Å². The van der Waals surface area contributed by atoms with Gasteiger partial charge in [-0.25, -0.2) is 8.42 Å². The van der Waals surface area contributed by atoms with Crippen LogP contribution in [0.15, 0.2) is 53.6 Å². The summed E-state index contributed by atoms with van der Waals surface area (Å²) in [5.41, 5.74) is 5.32. The Morgan fingerprint density at radius 3 is 2.52 bits per heavy atom. The van der Waals surface area contributed by atoms with Gasteiger partial charge in [0, 0.05) is 37.8 Å². The predicted octanol–water partition coefficient (Wildman–Crippen LogP) is 3.50. The van der Waals surface area contributed by atoms with Gasteiger partial charge in [0.15, 0.2) is 0 Å². The van der Waals surface area contributed by atoms with E-state index in [-0.39, 0.29) is 10.8 Å². The maximum Gasteiger partial charge on any atom is 0.245 e. The van der Waals surface area contributed by atoms with Crippen LogP contribution in [-0.4, -0.2) is 54.7 Å². The van der Waals surface area contributed by atoms with Crippen molar-refractivity contribution in [3.63, 3.8) is 0 Å². The third-order valence-electron chi connectivity index (χ3n) is 6.79. The number of hydrogen-bond donors (Lipinski definition) is 0. The molecule has 0 atom stereocenters. The molecule has 3 aromatic rings. The highest BCUT2D eigenvalue weighted by atomic mass is 32.2.